The summed E-state index contributed by atoms with van der Waals surface area (Å²) < 4.78 is 13.7. The summed E-state index contributed by atoms with van der Waals surface area (Å²) in [7, 11) is 0. The molecule has 1 aliphatic carbocycles. The standard InChI is InChI=1S/C29H26BrN3O2S/c30-20-10-8-19(9-11-20)25-16-17-26(35-25)28-27(24-7-3-4-18-31-24)32-29(36)33(28)21-12-14-23(15-13-21)34-22-5-1-2-6-22/h3-4,7-18,22,27-28H,1-2,5-6H2,(H,32,36)/t27-,28+/m0/s1. The number of nitrogens with one attached hydrogen (secondary N) is 1. The molecule has 2 fully saturated rings. The molecular formula is C29H26BrN3O2S. The van der Waals surface area contributed by atoms with Crippen molar-refractivity contribution in [3.63, 3.8) is 0 Å². The minimum atomic E-state index is -0.196. The van der Waals surface area contributed by atoms with Crippen molar-refractivity contribution < 1.29 is 9.15 Å². The number of thiocarbonyl (C=S) groups is 1. The third-order valence-corrected chi connectivity index (χ3v) is 7.71. The maximum Gasteiger partial charge on any atom is 0.174 e. The number of ether oxygens (including phenoxy) is 1. The molecule has 0 amide bonds. The zero-order chi connectivity index (χ0) is 24.5. The van der Waals surface area contributed by atoms with Crippen LogP contribution in [-0.4, -0.2) is 16.2 Å². The predicted molar refractivity (Wildman–Crippen MR) is 149 cm³/mol. The van der Waals surface area contributed by atoms with Crippen LogP contribution in [0.4, 0.5) is 5.69 Å². The van der Waals surface area contributed by atoms with Gasteiger partial charge in [-0.1, -0.05) is 34.1 Å². The maximum absolute atomic E-state index is 6.45. The molecule has 1 saturated heterocycles. The van der Waals surface area contributed by atoms with Gasteiger partial charge in [0.15, 0.2) is 5.11 Å². The minimum Gasteiger partial charge on any atom is -0.490 e. The lowest BCUT2D eigenvalue weighted by Gasteiger charge is -2.26. The highest BCUT2D eigenvalue weighted by molar-refractivity contribution is 9.10. The molecule has 182 valence electrons. The van der Waals surface area contributed by atoms with Crippen LogP contribution < -0.4 is 15.0 Å². The number of hydrogen-bond acceptors (Lipinski definition) is 4. The third kappa shape index (κ3) is 4.65. The fourth-order valence-corrected chi connectivity index (χ4v) is 5.70. The van der Waals surface area contributed by atoms with E-state index in [1.807, 2.05) is 72.9 Å². The molecule has 2 aromatic heterocycles. The van der Waals surface area contributed by atoms with E-state index in [2.05, 4.69) is 43.3 Å². The largest absolute Gasteiger partial charge is 0.490 e. The smallest absolute Gasteiger partial charge is 0.174 e. The van der Waals surface area contributed by atoms with Gasteiger partial charge in [-0.05, 0) is 98.6 Å². The molecule has 36 heavy (non-hydrogen) atoms. The topological polar surface area (TPSA) is 50.5 Å². The Labute approximate surface area is 224 Å². The van der Waals surface area contributed by atoms with Crippen LogP contribution in [0.2, 0.25) is 0 Å². The number of pyridine rings is 1. The molecule has 1 saturated carbocycles. The van der Waals surface area contributed by atoms with Crippen LogP contribution in [0.3, 0.4) is 0 Å². The number of benzene rings is 2. The molecule has 3 heterocycles. The zero-order valence-corrected chi connectivity index (χ0v) is 22.0. The van der Waals surface area contributed by atoms with E-state index >= 15 is 0 Å². The Morgan fingerprint density at radius 1 is 0.944 bits per heavy atom. The molecule has 2 aromatic carbocycles. The summed E-state index contributed by atoms with van der Waals surface area (Å²) in [6, 6.07) is 26.0. The van der Waals surface area contributed by atoms with Crippen molar-refractivity contribution in [1.82, 2.24) is 10.3 Å². The summed E-state index contributed by atoms with van der Waals surface area (Å²) >= 11 is 9.35. The molecule has 1 aliphatic heterocycles. The summed E-state index contributed by atoms with van der Waals surface area (Å²) in [6.45, 7) is 0. The van der Waals surface area contributed by atoms with Crippen molar-refractivity contribution in [2.75, 3.05) is 4.90 Å². The van der Waals surface area contributed by atoms with Crippen LogP contribution in [0.15, 0.2) is 93.9 Å². The average molecular weight is 561 g/mol. The lowest BCUT2D eigenvalue weighted by Crippen LogP contribution is -2.29. The second-order valence-electron chi connectivity index (χ2n) is 9.22. The van der Waals surface area contributed by atoms with Gasteiger partial charge in [0.05, 0.1) is 17.8 Å². The first-order valence-electron chi connectivity index (χ1n) is 12.3. The van der Waals surface area contributed by atoms with E-state index in [0.29, 0.717) is 11.2 Å². The highest BCUT2D eigenvalue weighted by Crippen LogP contribution is 2.43. The molecule has 0 spiro atoms. The van der Waals surface area contributed by atoms with E-state index in [9.17, 15) is 0 Å². The van der Waals surface area contributed by atoms with E-state index in [4.69, 9.17) is 21.4 Å². The van der Waals surface area contributed by atoms with Gasteiger partial charge >= 0.3 is 0 Å². The predicted octanol–water partition coefficient (Wildman–Crippen LogP) is 7.60. The number of anilines is 1. The Bertz CT molecular complexity index is 1340. The van der Waals surface area contributed by atoms with Gasteiger partial charge in [0, 0.05) is 21.9 Å². The first kappa shape index (κ1) is 23.3. The molecule has 2 atom stereocenters. The van der Waals surface area contributed by atoms with Crippen molar-refractivity contribution >= 4 is 38.9 Å². The molecular weight excluding hydrogens is 534 g/mol. The highest BCUT2D eigenvalue weighted by Gasteiger charge is 2.42. The zero-order valence-electron chi connectivity index (χ0n) is 19.6. The van der Waals surface area contributed by atoms with Gasteiger partial charge in [-0.15, -0.1) is 0 Å². The second-order valence-corrected chi connectivity index (χ2v) is 10.5. The van der Waals surface area contributed by atoms with Crippen LogP contribution in [0.25, 0.3) is 11.3 Å². The summed E-state index contributed by atoms with van der Waals surface area (Å²) in [5.41, 5.74) is 2.92. The number of hydrogen-bond donors (Lipinski definition) is 1. The summed E-state index contributed by atoms with van der Waals surface area (Å²) in [4.78, 5) is 6.75. The molecule has 0 bridgehead atoms. The van der Waals surface area contributed by atoms with E-state index in [0.717, 1.165) is 51.5 Å². The quantitative estimate of drug-likeness (QED) is 0.245. The minimum absolute atomic E-state index is 0.156. The monoisotopic (exact) mass is 559 g/mol. The molecule has 5 nitrogen and oxygen atoms in total. The van der Waals surface area contributed by atoms with Gasteiger partial charge in [-0.25, -0.2) is 0 Å². The molecule has 0 radical (unpaired) electrons. The molecule has 4 aromatic rings. The van der Waals surface area contributed by atoms with Gasteiger partial charge in [-0.3, -0.25) is 4.98 Å². The third-order valence-electron chi connectivity index (χ3n) is 6.86. The Hall–Kier alpha value is -3.16. The number of nitrogens with zero attached hydrogens (tertiary/aromatic N) is 2. The van der Waals surface area contributed by atoms with Gasteiger partial charge in [0.1, 0.15) is 23.3 Å². The fraction of sp³-hybridized carbons (Fsp3) is 0.241. The van der Waals surface area contributed by atoms with Crippen molar-refractivity contribution in [1.29, 1.82) is 0 Å². The normalized spacial score (nSPS) is 20.0. The molecule has 2 aliphatic rings. The highest BCUT2D eigenvalue weighted by atomic mass is 79.9. The van der Waals surface area contributed by atoms with Gasteiger partial charge in [-0.2, -0.15) is 0 Å². The van der Waals surface area contributed by atoms with Gasteiger partial charge in [0.2, 0.25) is 0 Å². The molecule has 6 rings (SSSR count). The van der Waals surface area contributed by atoms with Crippen molar-refractivity contribution in [2.24, 2.45) is 0 Å². The van der Waals surface area contributed by atoms with Crippen molar-refractivity contribution in [3.05, 3.63) is 101 Å². The van der Waals surface area contributed by atoms with Crippen molar-refractivity contribution in [3.8, 4) is 17.1 Å². The lowest BCUT2D eigenvalue weighted by molar-refractivity contribution is 0.210. The van der Waals surface area contributed by atoms with Crippen LogP contribution in [0.1, 0.15) is 49.2 Å². The van der Waals surface area contributed by atoms with E-state index in [1.165, 1.54) is 12.8 Å². The van der Waals surface area contributed by atoms with Crippen LogP contribution >= 0.6 is 28.1 Å². The Morgan fingerprint density at radius 2 is 1.72 bits per heavy atom. The number of aromatic nitrogens is 1. The molecule has 0 unspecified atom stereocenters. The maximum atomic E-state index is 6.45. The number of halogens is 1. The number of rotatable bonds is 6. The molecule has 1 N–H and O–H groups in total. The van der Waals surface area contributed by atoms with Gasteiger partial charge in [0.25, 0.3) is 0 Å². The lowest BCUT2D eigenvalue weighted by atomic mass is 10.0. The van der Waals surface area contributed by atoms with E-state index < -0.39 is 0 Å². The summed E-state index contributed by atoms with van der Waals surface area (Å²) in [5.74, 6) is 2.54. The Kier molecular flexibility index (Phi) is 6.50. The fourth-order valence-electron chi connectivity index (χ4n) is 5.09. The summed E-state index contributed by atoms with van der Waals surface area (Å²) in [6.07, 6.45) is 6.90. The SMILES string of the molecule is S=C1N[C@@H](c2ccccn2)[C@@H](c2ccc(-c3ccc(Br)cc3)o2)N1c1ccc(OC2CCCC2)cc1. The first-order valence-corrected chi connectivity index (χ1v) is 13.5. The van der Waals surface area contributed by atoms with Crippen LogP contribution in [0, 0.1) is 0 Å². The Balaban J connectivity index is 1.34. The number of furan rings is 1. The van der Waals surface area contributed by atoms with Crippen molar-refractivity contribution in [2.45, 2.75) is 43.9 Å². The van der Waals surface area contributed by atoms with Crippen LogP contribution in [0.5, 0.6) is 5.75 Å². The Morgan fingerprint density at radius 3 is 2.44 bits per heavy atom. The van der Waals surface area contributed by atoms with E-state index in [1.54, 1.807) is 0 Å². The molecule has 7 heteroatoms. The second kappa shape index (κ2) is 10.1. The van der Waals surface area contributed by atoms with Gasteiger partial charge < -0.3 is 19.4 Å². The summed E-state index contributed by atoms with van der Waals surface area (Å²) in [5, 5.41) is 4.14. The average Bonchev–Trinajstić information content (AvgIpc) is 3.66. The van der Waals surface area contributed by atoms with Crippen LogP contribution in [-0.2, 0) is 0 Å². The first-order chi connectivity index (χ1) is 17.7. The van der Waals surface area contributed by atoms with E-state index in [-0.39, 0.29) is 12.1 Å².